The lowest BCUT2D eigenvalue weighted by Gasteiger charge is -2.34. The summed E-state index contributed by atoms with van der Waals surface area (Å²) in [7, 11) is 0. The van der Waals surface area contributed by atoms with Crippen LogP contribution < -0.4 is 10.9 Å². The average Bonchev–Trinajstić information content (AvgIpc) is 2.76. The highest BCUT2D eigenvalue weighted by Crippen LogP contribution is 2.19. The summed E-state index contributed by atoms with van der Waals surface area (Å²) in [6.07, 6.45) is 0. The van der Waals surface area contributed by atoms with E-state index in [4.69, 9.17) is 0 Å². The van der Waals surface area contributed by atoms with Crippen molar-refractivity contribution in [2.24, 2.45) is 0 Å². The maximum atomic E-state index is 12.9. The Labute approximate surface area is 180 Å². The maximum absolute atomic E-state index is 12.9. The molecule has 160 valence electrons. The molecule has 0 atom stereocenters. The Balaban J connectivity index is 1.36. The molecule has 2 N–H and O–H groups in total. The predicted molar refractivity (Wildman–Crippen MR) is 121 cm³/mol. The molecule has 0 bridgehead atoms. The molecule has 2 aromatic carbocycles. The van der Waals surface area contributed by atoms with Crippen molar-refractivity contribution < 1.29 is 9.59 Å². The van der Waals surface area contributed by atoms with E-state index in [0.29, 0.717) is 37.3 Å². The van der Waals surface area contributed by atoms with Crippen LogP contribution in [0.5, 0.6) is 0 Å². The van der Waals surface area contributed by atoms with Crippen molar-refractivity contribution >= 4 is 28.3 Å². The summed E-state index contributed by atoms with van der Waals surface area (Å²) in [5.41, 5.74) is 2.97. The number of fused-ring (bicyclic) bond motifs is 1. The van der Waals surface area contributed by atoms with Crippen molar-refractivity contribution in [1.29, 1.82) is 0 Å². The number of hydrogen-bond acceptors (Lipinski definition) is 4. The molecule has 0 aliphatic carbocycles. The summed E-state index contributed by atoms with van der Waals surface area (Å²) < 4.78 is 0. The van der Waals surface area contributed by atoms with Gasteiger partial charge in [0, 0.05) is 37.3 Å². The van der Waals surface area contributed by atoms with E-state index >= 15 is 0 Å². The molecule has 1 aliphatic heterocycles. The van der Waals surface area contributed by atoms with E-state index in [1.807, 2.05) is 49.1 Å². The number of para-hydroxylation sites is 1. The molecule has 31 heavy (non-hydrogen) atoms. The lowest BCUT2D eigenvalue weighted by Crippen LogP contribution is -2.50. The summed E-state index contributed by atoms with van der Waals surface area (Å²) in [4.78, 5) is 44.2. The molecule has 0 spiro atoms. The quantitative estimate of drug-likeness (QED) is 0.682. The molecular formula is C24H26N4O3. The van der Waals surface area contributed by atoms with Crippen LogP contribution in [0.1, 0.15) is 21.6 Å². The fourth-order valence-electron chi connectivity index (χ4n) is 4.00. The van der Waals surface area contributed by atoms with Crippen LogP contribution >= 0.6 is 0 Å². The van der Waals surface area contributed by atoms with Crippen molar-refractivity contribution in [3.05, 3.63) is 75.7 Å². The van der Waals surface area contributed by atoms with Crippen LogP contribution in [-0.2, 0) is 4.79 Å². The van der Waals surface area contributed by atoms with Gasteiger partial charge in [-0.3, -0.25) is 19.3 Å². The second-order valence-electron chi connectivity index (χ2n) is 7.98. The van der Waals surface area contributed by atoms with Crippen molar-refractivity contribution in [3.63, 3.8) is 0 Å². The van der Waals surface area contributed by atoms with Crippen LogP contribution in [0.3, 0.4) is 0 Å². The van der Waals surface area contributed by atoms with Gasteiger partial charge in [0.05, 0.1) is 6.54 Å². The number of carbonyl (C=O) groups is 2. The molecule has 1 aliphatic rings. The van der Waals surface area contributed by atoms with Crippen molar-refractivity contribution in [2.45, 2.75) is 13.8 Å². The average molecular weight is 418 g/mol. The van der Waals surface area contributed by atoms with E-state index < -0.39 is 0 Å². The van der Waals surface area contributed by atoms with E-state index in [-0.39, 0.29) is 23.9 Å². The van der Waals surface area contributed by atoms with Crippen LogP contribution in [0.4, 0.5) is 5.69 Å². The third-order valence-electron chi connectivity index (χ3n) is 5.76. The second kappa shape index (κ2) is 8.73. The zero-order chi connectivity index (χ0) is 22.0. The molecule has 2 heterocycles. The Morgan fingerprint density at radius 2 is 1.65 bits per heavy atom. The topological polar surface area (TPSA) is 85.5 Å². The number of benzene rings is 2. The Hall–Kier alpha value is -3.45. The fraction of sp³-hybridized carbons (Fsp3) is 0.292. The summed E-state index contributed by atoms with van der Waals surface area (Å²) in [5, 5.41) is 4.32. The van der Waals surface area contributed by atoms with Gasteiger partial charge in [-0.05, 0) is 42.5 Å². The fourth-order valence-corrected chi connectivity index (χ4v) is 4.00. The largest absolute Gasteiger partial charge is 0.335 e. The lowest BCUT2D eigenvalue weighted by molar-refractivity contribution is -0.117. The van der Waals surface area contributed by atoms with Gasteiger partial charge in [-0.15, -0.1) is 0 Å². The van der Waals surface area contributed by atoms with Gasteiger partial charge in [0.15, 0.2) is 0 Å². The smallest absolute Gasteiger partial charge is 0.270 e. The number of anilines is 1. The van der Waals surface area contributed by atoms with Gasteiger partial charge in [0.25, 0.3) is 11.5 Å². The standard InChI is InChI=1S/C24H26N4O3/c1-16-6-5-7-17(2)22(16)26-21(29)15-27-10-12-28(13-11-27)24(31)20-14-18-8-3-4-9-19(18)23(30)25-20/h3-9,14H,10-13,15H2,1-2H3,(H,25,30)(H,26,29). The molecule has 3 aromatic rings. The zero-order valence-corrected chi connectivity index (χ0v) is 17.8. The van der Waals surface area contributed by atoms with Gasteiger partial charge >= 0.3 is 0 Å². The minimum absolute atomic E-state index is 0.0592. The Morgan fingerprint density at radius 3 is 2.35 bits per heavy atom. The number of piperazine rings is 1. The van der Waals surface area contributed by atoms with Gasteiger partial charge in [-0.2, -0.15) is 0 Å². The molecule has 0 saturated carbocycles. The number of aromatic amines is 1. The molecule has 2 amide bonds. The highest BCUT2D eigenvalue weighted by Gasteiger charge is 2.24. The number of hydrogen-bond donors (Lipinski definition) is 2. The number of aromatic nitrogens is 1. The summed E-state index contributed by atoms with van der Waals surface area (Å²) in [6.45, 7) is 6.44. The monoisotopic (exact) mass is 418 g/mol. The van der Waals surface area contributed by atoms with Crippen LogP contribution in [0.25, 0.3) is 10.8 Å². The number of rotatable bonds is 4. The number of aryl methyl sites for hydroxylation is 2. The third kappa shape index (κ3) is 4.51. The SMILES string of the molecule is Cc1cccc(C)c1NC(=O)CN1CCN(C(=O)c2cc3ccccc3c(=O)[nH]2)CC1. The summed E-state index contributed by atoms with van der Waals surface area (Å²) in [5.74, 6) is -0.251. The van der Waals surface area contributed by atoms with Crippen LogP contribution in [0.15, 0.2) is 53.3 Å². The molecule has 0 radical (unpaired) electrons. The van der Waals surface area contributed by atoms with Gasteiger partial charge in [-0.25, -0.2) is 0 Å². The van der Waals surface area contributed by atoms with Crippen molar-refractivity contribution in [2.75, 3.05) is 38.0 Å². The van der Waals surface area contributed by atoms with E-state index in [0.717, 1.165) is 22.2 Å². The number of amides is 2. The maximum Gasteiger partial charge on any atom is 0.270 e. The Kier molecular flexibility index (Phi) is 5.86. The molecule has 1 fully saturated rings. The minimum atomic E-state index is -0.261. The lowest BCUT2D eigenvalue weighted by atomic mass is 10.1. The Morgan fingerprint density at radius 1 is 0.968 bits per heavy atom. The molecule has 1 aromatic heterocycles. The molecule has 7 nitrogen and oxygen atoms in total. The summed E-state index contributed by atoms with van der Waals surface area (Å²) in [6, 6.07) is 14.9. The molecule has 4 rings (SSSR count). The van der Waals surface area contributed by atoms with Crippen LogP contribution in [-0.4, -0.2) is 59.3 Å². The first-order chi connectivity index (χ1) is 14.9. The highest BCUT2D eigenvalue weighted by molar-refractivity contribution is 5.96. The Bertz CT molecular complexity index is 1170. The van der Waals surface area contributed by atoms with Gasteiger partial charge in [0.2, 0.25) is 5.91 Å². The number of nitrogens with zero attached hydrogens (tertiary/aromatic N) is 2. The minimum Gasteiger partial charge on any atom is -0.335 e. The summed E-state index contributed by atoms with van der Waals surface area (Å²) >= 11 is 0. The first-order valence-corrected chi connectivity index (χ1v) is 10.4. The molecule has 1 saturated heterocycles. The third-order valence-corrected chi connectivity index (χ3v) is 5.76. The van der Waals surface area contributed by atoms with E-state index in [1.165, 1.54) is 0 Å². The number of pyridine rings is 1. The van der Waals surface area contributed by atoms with E-state index in [9.17, 15) is 14.4 Å². The molecular weight excluding hydrogens is 392 g/mol. The first kappa shape index (κ1) is 20.8. The van der Waals surface area contributed by atoms with Crippen molar-refractivity contribution in [3.8, 4) is 0 Å². The van der Waals surface area contributed by atoms with E-state index in [1.54, 1.807) is 23.1 Å². The van der Waals surface area contributed by atoms with Gasteiger partial charge in [-0.1, -0.05) is 36.4 Å². The number of nitrogens with one attached hydrogen (secondary N) is 2. The molecule has 7 heteroatoms. The molecule has 0 unspecified atom stereocenters. The van der Waals surface area contributed by atoms with Crippen molar-refractivity contribution in [1.82, 2.24) is 14.8 Å². The number of H-pyrrole nitrogens is 1. The van der Waals surface area contributed by atoms with Crippen LogP contribution in [0.2, 0.25) is 0 Å². The van der Waals surface area contributed by atoms with Gasteiger partial charge < -0.3 is 15.2 Å². The predicted octanol–water partition coefficient (Wildman–Crippen LogP) is 2.54. The number of carbonyl (C=O) groups excluding carboxylic acids is 2. The zero-order valence-electron chi connectivity index (χ0n) is 17.8. The highest BCUT2D eigenvalue weighted by atomic mass is 16.2. The second-order valence-corrected chi connectivity index (χ2v) is 7.98. The normalized spacial score (nSPS) is 14.6. The van der Waals surface area contributed by atoms with Crippen LogP contribution in [0, 0.1) is 13.8 Å². The first-order valence-electron chi connectivity index (χ1n) is 10.4. The van der Waals surface area contributed by atoms with Gasteiger partial charge in [0.1, 0.15) is 5.69 Å². The van der Waals surface area contributed by atoms with E-state index in [2.05, 4.69) is 10.3 Å².